The molecule has 18 heavy (non-hydrogen) atoms. The molecule has 0 saturated carbocycles. The van der Waals surface area contributed by atoms with Gasteiger partial charge in [-0.2, -0.15) is 0 Å². The van der Waals surface area contributed by atoms with Crippen molar-refractivity contribution in [2.45, 2.75) is 6.92 Å². The van der Waals surface area contributed by atoms with Gasteiger partial charge in [-0.3, -0.25) is 0 Å². The zero-order valence-electron chi connectivity index (χ0n) is 10.4. The Hall–Kier alpha value is -2.29. The summed E-state index contributed by atoms with van der Waals surface area (Å²) in [5.74, 6) is -0.894. The van der Waals surface area contributed by atoms with Crippen LogP contribution in [0.1, 0.15) is 15.9 Å². The molecular weight excluding hydrogens is 226 g/mol. The SMILES string of the molecule is CNc1ccccc1-c1cccc(C)c1C(=O)O. The molecule has 0 radical (unpaired) electrons. The molecule has 92 valence electrons. The van der Waals surface area contributed by atoms with Gasteiger partial charge in [0.2, 0.25) is 0 Å². The van der Waals surface area contributed by atoms with E-state index in [0.717, 1.165) is 22.4 Å². The van der Waals surface area contributed by atoms with E-state index >= 15 is 0 Å². The summed E-state index contributed by atoms with van der Waals surface area (Å²) in [5.41, 5.74) is 3.70. The largest absolute Gasteiger partial charge is 0.478 e. The second kappa shape index (κ2) is 4.92. The zero-order chi connectivity index (χ0) is 13.1. The molecule has 2 N–H and O–H groups in total. The number of carboxylic acids is 1. The van der Waals surface area contributed by atoms with Crippen molar-refractivity contribution >= 4 is 11.7 Å². The van der Waals surface area contributed by atoms with Gasteiger partial charge in [0.15, 0.2) is 0 Å². The second-order valence-electron chi connectivity index (χ2n) is 4.10. The molecule has 0 atom stereocenters. The number of aromatic carboxylic acids is 1. The fourth-order valence-corrected chi connectivity index (χ4v) is 2.11. The lowest BCUT2D eigenvalue weighted by molar-refractivity contribution is 0.0697. The van der Waals surface area contributed by atoms with Gasteiger partial charge >= 0.3 is 5.97 Å². The molecular formula is C15H15NO2. The molecule has 0 saturated heterocycles. The predicted octanol–water partition coefficient (Wildman–Crippen LogP) is 3.40. The molecule has 0 aromatic heterocycles. The molecule has 0 heterocycles. The van der Waals surface area contributed by atoms with E-state index in [1.54, 1.807) is 0 Å². The highest BCUT2D eigenvalue weighted by atomic mass is 16.4. The number of carboxylic acid groups (broad SMARTS) is 1. The third-order valence-corrected chi connectivity index (χ3v) is 2.97. The Kier molecular flexibility index (Phi) is 3.33. The lowest BCUT2D eigenvalue weighted by atomic mass is 9.95. The molecule has 3 nitrogen and oxygen atoms in total. The number of anilines is 1. The average molecular weight is 241 g/mol. The van der Waals surface area contributed by atoms with Crippen molar-refractivity contribution in [1.29, 1.82) is 0 Å². The maximum Gasteiger partial charge on any atom is 0.336 e. The van der Waals surface area contributed by atoms with Gasteiger partial charge in [-0.05, 0) is 24.1 Å². The van der Waals surface area contributed by atoms with Crippen LogP contribution in [0.2, 0.25) is 0 Å². The summed E-state index contributed by atoms with van der Waals surface area (Å²) in [6, 6.07) is 13.2. The first kappa shape index (κ1) is 12.2. The molecule has 2 aromatic rings. The molecule has 0 amide bonds. The van der Waals surface area contributed by atoms with Crippen LogP contribution in [0.3, 0.4) is 0 Å². The van der Waals surface area contributed by atoms with Gasteiger partial charge in [0.25, 0.3) is 0 Å². The van der Waals surface area contributed by atoms with E-state index in [2.05, 4.69) is 5.32 Å². The van der Waals surface area contributed by atoms with Crippen molar-refractivity contribution in [3.8, 4) is 11.1 Å². The molecule has 0 fully saturated rings. The Morgan fingerprint density at radius 3 is 2.39 bits per heavy atom. The number of hydrogen-bond acceptors (Lipinski definition) is 2. The van der Waals surface area contributed by atoms with E-state index in [9.17, 15) is 9.90 Å². The first-order valence-corrected chi connectivity index (χ1v) is 5.75. The van der Waals surface area contributed by atoms with E-state index < -0.39 is 5.97 Å². The van der Waals surface area contributed by atoms with Crippen LogP contribution in [-0.4, -0.2) is 18.1 Å². The van der Waals surface area contributed by atoms with Crippen LogP contribution in [-0.2, 0) is 0 Å². The van der Waals surface area contributed by atoms with Gasteiger partial charge in [-0.15, -0.1) is 0 Å². The number of aryl methyl sites for hydroxylation is 1. The van der Waals surface area contributed by atoms with Crippen LogP contribution >= 0.6 is 0 Å². The standard InChI is InChI=1S/C15H15NO2/c1-10-6-5-8-12(14(10)15(17)18)11-7-3-4-9-13(11)16-2/h3-9,16H,1-2H3,(H,17,18). The highest BCUT2D eigenvalue weighted by molar-refractivity contribution is 5.99. The molecule has 0 unspecified atom stereocenters. The van der Waals surface area contributed by atoms with Crippen LogP contribution in [0.25, 0.3) is 11.1 Å². The minimum Gasteiger partial charge on any atom is -0.478 e. The highest BCUT2D eigenvalue weighted by Crippen LogP contribution is 2.31. The van der Waals surface area contributed by atoms with Crippen LogP contribution in [0.4, 0.5) is 5.69 Å². The predicted molar refractivity (Wildman–Crippen MR) is 73.1 cm³/mol. The third kappa shape index (κ3) is 2.07. The van der Waals surface area contributed by atoms with Crippen LogP contribution in [0, 0.1) is 6.92 Å². The Balaban J connectivity index is 2.71. The van der Waals surface area contributed by atoms with Gasteiger partial charge in [-0.25, -0.2) is 4.79 Å². The normalized spacial score (nSPS) is 10.1. The third-order valence-electron chi connectivity index (χ3n) is 2.97. The molecule has 0 aliphatic heterocycles. The number of rotatable bonds is 3. The fourth-order valence-electron chi connectivity index (χ4n) is 2.11. The number of hydrogen-bond donors (Lipinski definition) is 2. The van der Waals surface area contributed by atoms with Gasteiger partial charge in [-0.1, -0.05) is 36.4 Å². The summed E-state index contributed by atoms with van der Waals surface area (Å²) in [6.07, 6.45) is 0. The lowest BCUT2D eigenvalue weighted by Gasteiger charge is -2.13. The van der Waals surface area contributed by atoms with Crippen molar-refractivity contribution in [3.63, 3.8) is 0 Å². The molecule has 2 rings (SSSR count). The maximum atomic E-state index is 11.4. The Labute approximate surface area is 106 Å². The van der Waals surface area contributed by atoms with Crippen molar-refractivity contribution in [2.75, 3.05) is 12.4 Å². The van der Waals surface area contributed by atoms with E-state index in [1.807, 2.05) is 56.4 Å². The van der Waals surface area contributed by atoms with Gasteiger partial charge in [0.1, 0.15) is 0 Å². The molecule has 0 spiro atoms. The van der Waals surface area contributed by atoms with Gasteiger partial charge < -0.3 is 10.4 Å². The molecule has 0 bridgehead atoms. The smallest absolute Gasteiger partial charge is 0.336 e. The molecule has 3 heteroatoms. The minimum absolute atomic E-state index is 0.361. The second-order valence-corrected chi connectivity index (χ2v) is 4.10. The summed E-state index contributed by atoms with van der Waals surface area (Å²) in [5, 5.41) is 12.4. The summed E-state index contributed by atoms with van der Waals surface area (Å²) in [6.45, 7) is 1.81. The molecule has 0 aliphatic carbocycles. The average Bonchev–Trinajstić information content (AvgIpc) is 2.38. The number of para-hydroxylation sites is 1. The van der Waals surface area contributed by atoms with Crippen LogP contribution in [0.15, 0.2) is 42.5 Å². The quantitative estimate of drug-likeness (QED) is 0.865. The minimum atomic E-state index is -0.894. The van der Waals surface area contributed by atoms with Gasteiger partial charge in [0, 0.05) is 18.3 Å². The van der Waals surface area contributed by atoms with Crippen molar-refractivity contribution in [1.82, 2.24) is 0 Å². The van der Waals surface area contributed by atoms with Crippen LogP contribution in [0.5, 0.6) is 0 Å². The Bertz CT molecular complexity index is 591. The van der Waals surface area contributed by atoms with Crippen molar-refractivity contribution < 1.29 is 9.90 Å². The highest BCUT2D eigenvalue weighted by Gasteiger charge is 2.15. The van der Waals surface area contributed by atoms with E-state index in [-0.39, 0.29) is 0 Å². The number of carbonyl (C=O) groups is 1. The van der Waals surface area contributed by atoms with Crippen LogP contribution < -0.4 is 5.32 Å². The number of benzene rings is 2. The summed E-state index contributed by atoms with van der Waals surface area (Å²) >= 11 is 0. The fraction of sp³-hybridized carbons (Fsp3) is 0.133. The summed E-state index contributed by atoms with van der Waals surface area (Å²) in [4.78, 5) is 11.4. The molecule has 0 aliphatic rings. The topological polar surface area (TPSA) is 49.3 Å². The lowest BCUT2D eigenvalue weighted by Crippen LogP contribution is -2.03. The van der Waals surface area contributed by atoms with E-state index in [1.165, 1.54) is 0 Å². The Morgan fingerprint density at radius 1 is 1.06 bits per heavy atom. The van der Waals surface area contributed by atoms with Crippen molar-refractivity contribution in [3.05, 3.63) is 53.6 Å². The number of nitrogens with one attached hydrogen (secondary N) is 1. The first-order chi connectivity index (χ1) is 8.65. The maximum absolute atomic E-state index is 11.4. The first-order valence-electron chi connectivity index (χ1n) is 5.75. The summed E-state index contributed by atoms with van der Waals surface area (Å²) in [7, 11) is 1.83. The van der Waals surface area contributed by atoms with Crippen molar-refractivity contribution in [2.24, 2.45) is 0 Å². The van der Waals surface area contributed by atoms with E-state index in [4.69, 9.17) is 0 Å². The molecule has 2 aromatic carbocycles. The Morgan fingerprint density at radius 2 is 1.72 bits per heavy atom. The summed E-state index contributed by atoms with van der Waals surface area (Å²) < 4.78 is 0. The van der Waals surface area contributed by atoms with E-state index in [0.29, 0.717) is 5.56 Å². The van der Waals surface area contributed by atoms with Gasteiger partial charge in [0.05, 0.1) is 5.56 Å². The zero-order valence-corrected chi connectivity index (χ0v) is 10.4. The monoisotopic (exact) mass is 241 g/mol.